The van der Waals surface area contributed by atoms with Gasteiger partial charge in [-0.3, -0.25) is 4.90 Å². The molecule has 2 heterocycles. The normalized spacial score (nSPS) is 21.9. The highest BCUT2D eigenvalue weighted by Crippen LogP contribution is 2.34. The summed E-state index contributed by atoms with van der Waals surface area (Å²) in [5, 5.41) is 0. The van der Waals surface area contributed by atoms with Crippen LogP contribution in [0.5, 0.6) is 0 Å². The van der Waals surface area contributed by atoms with Crippen LogP contribution in [0, 0.1) is 5.82 Å². The van der Waals surface area contributed by atoms with Gasteiger partial charge in [0.15, 0.2) is 0 Å². The number of carbonyl (C=O) groups excluding carboxylic acids is 1. The molecule has 0 radical (unpaired) electrons. The van der Waals surface area contributed by atoms with Crippen LogP contribution in [0.4, 0.5) is 9.18 Å². The number of ether oxygens (including phenoxy) is 2. The van der Waals surface area contributed by atoms with Gasteiger partial charge in [-0.15, -0.1) is 0 Å². The average Bonchev–Trinajstić information content (AvgIpc) is 2.61. The van der Waals surface area contributed by atoms with Crippen molar-refractivity contribution in [3.8, 4) is 0 Å². The number of morpholine rings is 1. The summed E-state index contributed by atoms with van der Waals surface area (Å²) < 4.78 is 24.9. The van der Waals surface area contributed by atoms with Crippen molar-refractivity contribution >= 4 is 6.09 Å². The van der Waals surface area contributed by atoms with E-state index in [0.29, 0.717) is 19.7 Å². The first kappa shape index (κ1) is 20.1. The number of piperidine rings is 1. The van der Waals surface area contributed by atoms with Crippen LogP contribution in [0.2, 0.25) is 0 Å². The summed E-state index contributed by atoms with van der Waals surface area (Å²) in [5.74, 6) is -0.209. The van der Waals surface area contributed by atoms with Crippen LogP contribution in [-0.4, -0.2) is 59.9 Å². The summed E-state index contributed by atoms with van der Waals surface area (Å²) in [7, 11) is 0. The van der Waals surface area contributed by atoms with Gasteiger partial charge >= 0.3 is 6.09 Å². The second kappa shape index (κ2) is 7.76. The van der Waals surface area contributed by atoms with Crippen LogP contribution in [0.25, 0.3) is 0 Å². The molecule has 0 saturated carbocycles. The topological polar surface area (TPSA) is 42.0 Å². The molecule has 1 aromatic rings. The van der Waals surface area contributed by atoms with Crippen molar-refractivity contribution in [3.63, 3.8) is 0 Å². The Balaban J connectivity index is 1.59. The third kappa shape index (κ3) is 4.99. The zero-order valence-corrected chi connectivity index (χ0v) is 16.8. The summed E-state index contributed by atoms with van der Waals surface area (Å²) in [6.45, 7) is 11.5. The molecule has 0 aliphatic carbocycles. The largest absolute Gasteiger partial charge is 0.444 e. The van der Waals surface area contributed by atoms with E-state index in [1.54, 1.807) is 4.90 Å². The predicted molar refractivity (Wildman–Crippen MR) is 102 cm³/mol. The van der Waals surface area contributed by atoms with Gasteiger partial charge in [0.1, 0.15) is 11.4 Å². The van der Waals surface area contributed by atoms with Crippen molar-refractivity contribution in [1.82, 2.24) is 9.80 Å². The molecule has 27 heavy (non-hydrogen) atoms. The third-order valence-corrected chi connectivity index (χ3v) is 5.50. The van der Waals surface area contributed by atoms with E-state index in [9.17, 15) is 9.18 Å². The van der Waals surface area contributed by atoms with E-state index in [4.69, 9.17) is 9.47 Å². The maximum Gasteiger partial charge on any atom is 0.410 e. The van der Waals surface area contributed by atoms with Crippen molar-refractivity contribution in [2.45, 2.75) is 57.8 Å². The van der Waals surface area contributed by atoms with E-state index in [1.807, 2.05) is 32.9 Å². The average molecular weight is 378 g/mol. The molecular formula is C21H31FN2O3. The lowest BCUT2D eigenvalue weighted by Crippen LogP contribution is -2.58. The monoisotopic (exact) mass is 378 g/mol. The molecule has 1 unspecified atom stereocenters. The second-order valence-corrected chi connectivity index (χ2v) is 8.70. The molecular weight excluding hydrogens is 347 g/mol. The maximum absolute atomic E-state index is 13.2. The van der Waals surface area contributed by atoms with Crippen molar-refractivity contribution in [2.75, 3.05) is 32.8 Å². The van der Waals surface area contributed by atoms with Crippen LogP contribution in [0.1, 0.15) is 52.1 Å². The molecule has 3 rings (SSSR count). The van der Waals surface area contributed by atoms with Gasteiger partial charge in [0.2, 0.25) is 0 Å². The van der Waals surface area contributed by atoms with Crippen LogP contribution in [0.15, 0.2) is 24.3 Å². The lowest BCUT2D eigenvalue weighted by atomic mass is 9.88. The molecule has 0 N–H and O–H groups in total. The van der Waals surface area contributed by atoms with Gasteiger partial charge < -0.3 is 14.4 Å². The van der Waals surface area contributed by atoms with E-state index in [0.717, 1.165) is 31.5 Å². The Labute approximate surface area is 161 Å². The lowest BCUT2D eigenvalue weighted by molar-refractivity contribution is -0.141. The van der Waals surface area contributed by atoms with E-state index in [2.05, 4.69) is 11.8 Å². The van der Waals surface area contributed by atoms with Gasteiger partial charge in [-0.1, -0.05) is 12.1 Å². The number of amides is 1. The number of carbonyl (C=O) groups is 1. The van der Waals surface area contributed by atoms with Gasteiger partial charge in [0, 0.05) is 32.2 Å². The van der Waals surface area contributed by atoms with Crippen LogP contribution in [-0.2, 0) is 9.47 Å². The number of hydrogen-bond donors (Lipinski definition) is 0. The number of benzene rings is 1. The van der Waals surface area contributed by atoms with Crippen LogP contribution < -0.4 is 0 Å². The molecule has 1 spiro atoms. The molecule has 1 atom stereocenters. The zero-order chi connectivity index (χ0) is 19.7. The summed E-state index contributed by atoms with van der Waals surface area (Å²) in [5.41, 5.74) is 0.416. The fraction of sp³-hybridized carbons (Fsp3) is 0.667. The smallest absolute Gasteiger partial charge is 0.410 e. The van der Waals surface area contributed by atoms with Gasteiger partial charge in [0.05, 0.1) is 12.2 Å². The Hall–Kier alpha value is -1.66. The SMILES string of the molecule is CC(c1ccc(F)cc1)N1CCOC2(CCN(C(=O)OC(C)(C)C)CC2)C1. The van der Waals surface area contributed by atoms with E-state index in [1.165, 1.54) is 12.1 Å². The minimum Gasteiger partial charge on any atom is -0.444 e. The molecule has 1 amide bonds. The number of nitrogens with zero attached hydrogens (tertiary/aromatic N) is 2. The first-order chi connectivity index (χ1) is 12.7. The van der Waals surface area contributed by atoms with E-state index in [-0.39, 0.29) is 23.6 Å². The Morgan fingerprint density at radius 1 is 1.19 bits per heavy atom. The Bertz CT molecular complexity index is 648. The minimum atomic E-state index is -0.477. The van der Waals surface area contributed by atoms with E-state index >= 15 is 0 Å². The van der Waals surface area contributed by atoms with Crippen molar-refractivity contribution in [3.05, 3.63) is 35.6 Å². The van der Waals surface area contributed by atoms with Crippen LogP contribution >= 0.6 is 0 Å². The highest BCUT2D eigenvalue weighted by atomic mass is 19.1. The van der Waals surface area contributed by atoms with Crippen molar-refractivity contribution in [2.24, 2.45) is 0 Å². The maximum atomic E-state index is 13.2. The highest BCUT2D eigenvalue weighted by Gasteiger charge is 2.42. The van der Waals surface area contributed by atoms with Gasteiger partial charge in [-0.05, 0) is 58.2 Å². The molecule has 2 aliphatic heterocycles. The summed E-state index contributed by atoms with van der Waals surface area (Å²) in [6.07, 6.45) is 1.36. The van der Waals surface area contributed by atoms with Gasteiger partial charge in [-0.25, -0.2) is 9.18 Å². The van der Waals surface area contributed by atoms with Crippen molar-refractivity contribution < 1.29 is 18.7 Å². The number of hydrogen-bond acceptors (Lipinski definition) is 4. The summed E-state index contributed by atoms with van der Waals surface area (Å²) in [6, 6.07) is 6.94. The first-order valence-electron chi connectivity index (χ1n) is 9.79. The Kier molecular flexibility index (Phi) is 5.77. The lowest BCUT2D eigenvalue weighted by Gasteiger charge is -2.48. The second-order valence-electron chi connectivity index (χ2n) is 8.70. The molecule has 5 nitrogen and oxygen atoms in total. The molecule has 2 aliphatic rings. The number of rotatable bonds is 2. The fourth-order valence-electron chi connectivity index (χ4n) is 3.88. The summed E-state index contributed by atoms with van der Waals surface area (Å²) >= 11 is 0. The first-order valence-corrected chi connectivity index (χ1v) is 9.79. The quantitative estimate of drug-likeness (QED) is 0.780. The van der Waals surface area contributed by atoms with E-state index < -0.39 is 5.60 Å². The highest BCUT2D eigenvalue weighted by molar-refractivity contribution is 5.68. The van der Waals surface area contributed by atoms with Gasteiger partial charge in [0.25, 0.3) is 0 Å². The minimum absolute atomic E-state index is 0.204. The third-order valence-electron chi connectivity index (χ3n) is 5.50. The van der Waals surface area contributed by atoms with Gasteiger partial charge in [-0.2, -0.15) is 0 Å². The van der Waals surface area contributed by atoms with Crippen LogP contribution in [0.3, 0.4) is 0 Å². The Morgan fingerprint density at radius 2 is 1.81 bits per heavy atom. The number of halogens is 1. The predicted octanol–water partition coefficient (Wildman–Crippen LogP) is 3.99. The standard InChI is InChI=1S/C21H31FN2O3/c1-16(17-5-7-18(22)8-6-17)24-13-14-26-21(15-24)9-11-23(12-10-21)19(25)27-20(2,3)4/h5-8,16H,9-15H2,1-4H3. The molecule has 6 heteroatoms. The molecule has 150 valence electrons. The molecule has 0 aromatic heterocycles. The Morgan fingerprint density at radius 3 is 2.41 bits per heavy atom. The molecule has 2 saturated heterocycles. The molecule has 2 fully saturated rings. The summed E-state index contributed by atoms with van der Waals surface area (Å²) in [4.78, 5) is 16.5. The van der Waals surface area contributed by atoms with Crippen molar-refractivity contribution in [1.29, 1.82) is 0 Å². The zero-order valence-electron chi connectivity index (χ0n) is 16.8. The number of likely N-dealkylation sites (tertiary alicyclic amines) is 1. The molecule has 0 bridgehead atoms. The molecule has 1 aromatic carbocycles. The fourth-order valence-corrected chi connectivity index (χ4v) is 3.88.